The molecule has 0 radical (unpaired) electrons. The Kier molecular flexibility index (Phi) is 5.76. The van der Waals surface area contributed by atoms with E-state index in [2.05, 4.69) is 9.71 Å². The number of carbonyl (C=O) groups is 1. The maximum Gasteiger partial charge on any atom is 0.240 e. The number of rotatable bonds is 6. The Labute approximate surface area is 167 Å². The molecule has 0 atom stereocenters. The van der Waals surface area contributed by atoms with Crippen LogP contribution in [0.4, 0.5) is 0 Å². The summed E-state index contributed by atoms with van der Waals surface area (Å²) in [5.74, 6) is -0.112. The first-order valence-electron chi connectivity index (χ1n) is 8.10. The second-order valence-electron chi connectivity index (χ2n) is 5.91. The molecule has 5 nitrogen and oxygen atoms in total. The molecule has 0 fully saturated rings. The van der Waals surface area contributed by atoms with Crippen molar-refractivity contribution in [2.75, 3.05) is 0 Å². The molecule has 1 heterocycles. The van der Waals surface area contributed by atoms with E-state index in [0.29, 0.717) is 10.6 Å². The highest BCUT2D eigenvalue weighted by Gasteiger charge is 2.17. The van der Waals surface area contributed by atoms with Crippen LogP contribution in [0.1, 0.15) is 27.9 Å². The Hall–Kier alpha value is -2.06. The number of thiazole rings is 1. The fourth-order valence-corrected chi connectivity index (χ4v) is 4.86. The van der Waals surface area contributed by atoms with E-state index >= 15 is 0 Å². The summed E-state index contributed by atoms with van der Waals surface area (Å²) in [6.45, 7) is 3.40. The quantitative estimate of drug-likeness (QED) is 0.597. The molecule has 0 unspecified atom stereocenters. The summed E-state index contributed by atoms with van der Waals surface area (Å²) in [6.07, 6.45) is 0. The molecule has 0 spiro atoms. The highest BCUT2D eigenvalue weighted by Crippen LogP contribution is 2.32. The van der Waals surface area contributed by atoms with Gasteiger partial charge in [0.1, 0.15) is 5.01 Å². The number of nitrogens with zero attached hydrogens (tertiary/aromatic N) is 1. The predicted octanol–water partition coefficient (Wildman–Crippen LogP) is 4.45. The summed E-state index contributed by atoms with van der Waals surface area (Å²) in [5.41, 5.74) is 2.04. The Morgan fingerprint density at radius 3 is 2.44 bits per heavy atom. The first kappa shape index (κ1) is 19.7. The number of benzene rings is 2. The maximum atomic E-state index is 12.5. The molecular weight excluding hydrogens is 404 g/mol. The molecule has 0 saturated heterocycles. The number of hydrogen-bond donors (Lipinski definition) is 1. The molecule has 8 heteroatoms. The predicted molar refractivity (Wildman–Crippen MR) is 108 cm³/mol. The minimum atomic E-state index is -3.69. The van der Waals surface area contributed by atoms with Gasteiger partial charge in [-0.1, -0.05) is 41.9 Å². The largest absolute Gasteiger partial charge is 0.295 e. The number of sulfonamides is 1. The number of nitrogens with one attached hydrogen (secondary N) is 1. The Balaban J connectivity index is 1.78. The van der Waals surface area contributed by atoms with Crippen molar-refractivity contribution in [3.8, 4) is 10.6 Å². The van der Waals surface area contributed by atoms with Crippen LogP contribution in [-0.2, 0) is 16.6 Å². The van der Waals surface area contributed by atoms with E-state index in [9.17, 15) is 13.2 Å². The van der Waals surface area contributed by atoms with Crippen LogP contribution >= 0.6 is 22.9 Å². The van der Waals surface area contributed by atoms with Crippen molar-refractivity contribution in [3.05, 3.63) is 69.7 Å². The Morgan fingerprint density at radius 1 is 1.15 bits per heavy atom. The monoisotopic (exact) mass is 420 g/mol. The molecule has 0 saturated carbocycles. The number of Topliss-reactive ketones (excluding diaryl/α,β-unsaturated/α-hetero) is 1. The molecular formula is C19H17ClN2O3S2. The summed E-state index contributed by atoms with van der Waals surface area (Å²) < 4.78 is 27.6. The fraction of sp³-hybridized carbons (Fsp3) is 0.158. The standard InChI is InChI=1S/C19H17ClN2O3S2/c1-12-18(26-19(22-12)16-5-3-4-6-17(16)20)11-21-27(24,25)15-9-7-14(8-10-15)13(2)23/h3-10,21H,11H2,1-2H3. The summed E-state index contributed by atoms with van der Waals surface area (Å²) in [6, 6.07) is 13.3. The second kappa shape index (κ2) is 7.90. The van der Waals surface area contributed by atoms with Crippen molar-refractivity contribution in [2.24, 2.45) is 0 Å². The average Bonchev–Trinajstić information content (AvgIpc) is 3.01. The van der Waals surface area contributed by atoms with Crippen molar-refractivity contribution < 1.29 is 13.2 Å². The van der Waals surface area contributed by atoms with Crippen molar-refractivity contribution in [1.82, 2.24) is 9.71 Å². The minimum Gasteiger partial charge on any atom is -0.295 e. The van der Waals surface area contributed by atoms with Crippen molar-refractivity contribution >= 4 is 38.7 Å². The van der Waals surface area contributed by atoms with Crippen LogP contribution in [0.3, 0.4) is 0 Å². The number of aryl methyl sites for hydroxylation is 1. The lowest BCUT2D eigenvalue weighted by molar-refractivity contribution is 0.101. The first-order chi connectivity index (χ1) is 12.8. The molecule has 1 aromatic heterocycles. The van der Waals surface area contributed by atoms with Gasteiger partial charge in [-0.05, 0) is 32.0 Å². The third-order valence-electron chi connectivity index (χ3n) is 3.99. The molecule has 3 rings (SSSR count). The van der Waals surface area contributed by atoms with Crippen LogP contribution in [0.5, 0.6) is 0 Å². The molecule has 27 heavy (non-hydrogen) atoms. The highest BCUT2D eigenvalue weighted by molar-refractivity contribution is 7.89. The van der Waals surface area contributed by atoms with Crippen LogP contribution in [0, 0.1) is 6.92 Å². The van der Waals surface area contributed by atoms with Gasteiger partial charge in [-0.25, -0.2) is 18.1 Å². The number of ketones is 1. The van der Waals surface area contributed by atoms with E-state index in [4.69, 9.17) is 11.6 Å². The van der Waals surface area contributed by atoms with E-state index in [-0.39, 0.29) is 17.2 Å². The molecule has 3 aromatic rings. The fourth-order valence-electron chi connectivity index (χ4n) is 2.45. The van der Waals surface area contributed by atoms with Gasteiger partial charge in [-0.3, -0.25) is 4.79 Å². The molecule has 0 aliphatic carbocycles. The third-order valence-corrected chi connectivity index (χ3v) is 6.93. The maximum absolute atomic E-state index is 12.5. The lowest BCUT2D eigenvalue weighted by Crippen LogP contribution is -2.23. The topological polar surface area (TPSA) is 76.1 Å². The first-order valence-corrected chi connectivity index (χ1v) is 10.8. The van der Waals surface area contributed by atoms with Gasteiger partial charge in [0, 0.05) is 22.5 Å². The van der Waals surface area contributed by atoms with Crippen molar-refractivity contribution in [1.29, 1.82) is 0 Å². The van der Waals surface area contributed by atoms with E-state index < -0.39 is 10.0 Å². The van der Waals surface area contributed by atoms with Gasteiger partial charge in [-0.15, -0.1) is 11.3 Å². The number of halogens is 1. The lowest BCUT2D eigenvalue weighted by atomic mass is 10.2. The van der Waals surface area contributed by atoms with Gasteiger partial charge in [0.05, 0.1) is 15.6 Å². The lowest BCUT2D eigenvalue weighted by Gasteiger charge is -2.06. The highest BCUT2D eigenvalue weighted by atomic mass is 35.5. The SMILES string of the molecule is CC(=O)c1ccc(S(=O)(=O)NCc2sc(-c3ccccc3Cl)nc2C)cc1. The Bertz CT molecular complexity index is 1090. The Morgan fingerprint density at radius 2 is 1.81 bits per heavy atom. The molecule has 1 N–H and O–H groups in total. The summed E-state index contributed by atoms with van der Waals surface area (Å²) in [4.78, 5) is 16.8. The van der Waals surface area contributed by atoms with Gasteiger partial charge in [0.25, 0.3) is 0 Å². The van der Waals surface area contributed by atoms with Gasteiger partial charge in [0.2, 0.25) is 10.0 Å². The zero-order valence-corrected chi connectivity index (χ0v) is 17.1. The van der Waals surface area contributed by atoms with Gasteiger partial charge in [0.15, 0.2) is 5.78 Å². The molecule has 2 aromatic carbocycles. The van der Waals surface area contributed by atoms with E-state index in [1.54, 1.807) is 6.07 Å². The zero-order valence-electron chi connectivity index (χ0n) is 14.7. The van der Waals surface area contributed by atoms with Crippen molar-refractivity contribution in [2.45, 2.75) is 25.3 Å². The van der Waals surface area contributed by atoms with E-state index in [0.717, 1.165) is 21.1 Å². The summed E-state index contributed by atoms with van der Waals surface area (Å²) >= 11 is 7.62. The third kappa shape index (κ3) is 4.44. The summed E-state index contributed by atoms with van der Waals surface area (Å²) in [7, 11) is -3.69. The number of aromatic nitrogens is 1. The van der Waals surface area contributed by atoms with Crippen LogP contribution in [-0.4, -0.2) is 19.2 Å². The smallest absolute Gasteiger partial charge is 0.240 e. The number of carbonyl (C=O) groups excluding carboxylic acids is 1. The van der Waals surface area contributed by atoms with Crippen molar-refractivity contribution in [3.63, 3.8) is 0 Å². The van der Waals surface area contributed by atoms with Gasteiger partial charge >= 0.3 is 0 Å². The second-order valence-corrected chi connectivity index (χ2v) is 9.17. The van der Waals surface area contributed by atoms with Crippen LogP contribution in [0.2, 0.25) is 5.02 Å². The normalized spacial score (nSPS) is 11.5. The zero-order chi connectivity index (χ0) is 19.6. The minimum absolute atomic E-state index is 0.112. The van der Waals surface area contributed by atoms with Crippen LogP contribution < -0.4 is 4.72 Å². The van der Waals surface area contributed by atoms with Gasteiger partial charge < -0.3 is 0 Å². The average molecular weight is 421 g/mol. The summed E-state index contributed by atoms with van der Waals surface area (Å²) in [5, 5.41) is 1.35. The molecule has 0 aliphatic rings. The molecule has 0 bridgehead atoms. The van der Waals surface area contributed by atoms with Crippen LogP contribution in [0.25, 0.3) is 10.6 Å². The number of hydrogen-bond acceptors (Lipinski definition) is 5. The molecule has 140 valence electrons. The van der Waals surface area contributed by atoms with Gasteiger partial charge in [-0.2, -0.15) is 0 Å². The van der Waals surface area contributed by atoms with E-state index in [1.165, 1.54) is 42.5 Å². The van der Waals surface area contributed by atoms with Crippen LogP contribution in [0.15, 0.2) is 53.4 Å². The molecule has 0 aliphatic heterocycles. The molecule has 0 amide bonds. The van der Waals surface area contributed by atoms with E-state index in [1.807, 2.05) is 25.1 Å².